The molecule has 0 heterocycles. The molecule has 0 atom stereocenters. The van der Waals surface area contributed by atoms with Crippen LogP contribution in [0.5, 0.6) is 0 Å². The molecular weight excluding hydrogens is 348 g/mol. The molecule has 2 amide bonds. The average Bonchev–Trinajstić information content (AvgIpc) is 2.59. The number of carbonyl (C=O) groups is 1. The molecule has 2 rings (SSSR count). The van der Waals surface area contributed by atoms with Gasteiger partial charge in [0.25, 0.3) is 5.69 Å². The van der Waals surface area contributed by atoms with Crippen LogP contribution in [-0.4, -0.2) is 30.8 Å². The third-order valence-electron chi connectivity index (χ3n) is 3.14. The van der Waals surface area contributed by atoms with Crippen LogP contribution in [0.15, 0.2) is 64.6 Å². The number of benzene rings is 2. The third-order valence-corrected chi connectivity index (χ3v) is 4.79. The van der Waals surface area contributed by atoms with Crippen LogP contribution in [0.25, 0.3) is 0 Å². The fourth-order valence-corrected chi connectivity index (χ4v) is 3.30. The zero-order valence-electron chi connectivity index (χ0n) is 12.8. The summed E-state index contributed by atoms with van der Waals surface area (Å²) >= 11 is 0. The molecule has 0 aliphatic carbocycles. The number of sulfone groups is 1. The second kappa shape index (κ2) is 7.53. The van der Waals surface area contributed by atoms with Crippen molar-refractivity contribution in [3.63, 3.8) is 0 Å². The summed E-state index contributed by atoms with van der Waals surface area (Å²) in [6.07, 6.45) is 0. The summed E-state index contributed by atoms with van der Waals surface area (Å²) in [4.78, 5) is 21.1. The van der Waals surface area contributed by atoms with E-state index in [1.165, 1.54) is 36.4 Å². The number of primary amides is 1. The average molecular weight is 362 g/mol. The van der Waals surface area contributed by atoms with Gasteiger partial charge in [0.05, 0.1) is 21.3 Å². The van der Waals surface area contributed by atoms with Crippen LogP contribution < -0.4 is 11.2 Å². The van der Waals surface area contributed by atoms with Crippen molar-refractivity contribution >= 4 is 27.3 Å². The van der Waals surface area contributed by atoms with E-state index in [9.17, 15) is 23.3 Å². The van der Waals surface area contributed by atoms with Crippen molar-refractivity contribution in [1.29, 1.82) is 0 Å². The summed E-state index contributed by atoms with van der Waals surface area (Å²) < 4.78 is 25.0. The first-order chi connectivity index (χ1) is 11.8. The standard InChI is InChI=1S/C15H14N4O5S/c16-15(20)18-17-14(11-6-8-12(9-7-11)19(21)22)10-25(23,24)13-4-2-1-3-5-13/h1-9H,10H2,(H3,16,18,20)/b17-14+. The summed E-state index contributed by atoms with van der Waals surface area (Å²) in [5.41, 5.74) is 7.09. The Balaban J connectivity index is 2.38. The van der Waals surface area contributed by atoms with Crippen LogP contribution >= 0.6 is 0 Å². The van der Waals surface area contributed by atoms with Crippen molar-refractivity contribution in [3.05, 3.63) is 70.3 Å². The third kappa shape index (κ3) is 4.85. The number of nitro groups is 1. The lowest BCUT2D eigenvalue weighted by Crippen LogP contribution is -2.28. The summed E-state index contributed by atoms with van der Waals surface area (Å²) in [7, 11) is -3.74. The molecule has 0 aliphatic heterocycles. The number of amides is 2. The first-order valence-electron chi connectivity index (χ1n) is 6.94. The molecule has 130 valence electrons. The van der Waals surface area contributed by atoms with Gasteiger partial charge in [-0.05, 0) is 29.8 Å². The summed E-state index contributed by atoms with van der Waals surface area (Å²) in [6, 6.07) is 11.9. The van der Waals surface area contributed by atoms with Crippen LogP contribution in [0, 0.1) is 10.1 Å². The minimum absolute atomic E-state index is 0.00227. The summed E-state index contributed by atoms with van der Waals surface area (Å²) in [6.45, 7) is 0. The number of hydrogen-bond donors (Lipinski definition) is 2. The number of nitro benzene ring substituents is 1. The second-order valence-corrected chi connectivity index (χ2v) is 6.90. The highest BCUT2D eigenvalue weighted by Crippen LogP contribution is 2.16. The largest absolute Gasteiger partial charge is 0.350 e. The molecule has 2 aromatic rings. The molecule has 3 N–H and O–H groups in total. The van der Waals surface area contributed by atoms with Crippen LogP contribution in [0.4, 0.5) is 10.5 Å². The second-order valence-electron chi connectivity index (χ2n) is 4.91. The lowest BCUT2D eigenvalue weighted by Gasteiger charge is -2.08. The molecule has 0 aromatic heterocycles. The molecule has 0 saturated carbocycles. The number of urea groups is 1. The van der Waals surface area contributed by atoms with Gasteiger partial charge in [0.15, 0.2) is 9.84 Å². The van der Waals surface area contributed by atoms with E-state index in [1.807, 2.05) is 5.43 Å². The first-order valence-corrected chi connectivity index (χ1v) is 8.59. The number of carbonyl (C=O) groups excluding carboxylic acids is 1. The maximum atomic E-state index is 12.5. The van der Waals surface area contributed by atoms with Gasteiger partial charge < -0.3 is 5.73 Å². The van der Waals surface area contributed by atoms with Gasteiger partial charge >= 0.3 is 6.03 Å². The molecule has 0 saturated heterocycles. The maximum Gasteiger partial charge on any atom is 0.332 e. The molecule has 0 fully saturated rings. The minimum atomic E-state index is -3.74. The fraction of sp³-hybridized carbons (Fsp3) is 0.0667. The molecule has 10 heteroatoms. The number of hydrazone groups is 1. The molecule has 25 heavy (non-hydrogen) atoms. The van der Waals surface area contributed by atoms with Crippen molar-refractivity contribution in [2.45, 2.75) is 4.90 Å². The van der Waals surface area contributed by atoms with Gasteiger partial charge in [0.2, 0.25) is 0 Å². The van der Waals surface area contributed by atoms with Crippen LogP contribution in [0.2, 0.25) is 0 Å². The van der Waals surface area contributed by atoms with Crippen molar-refractivity contribution in [2.75, 3.05) is 5.75 Å². The highest BCUT2D eigenvalue weighted by Gasteiger charge is 2.20. The zero-order valence-corrected chi connectivity index (χ0v) is 13.6. The van der Waals surface area contributed by atoms with E-state index in [2.05, 4.69) is 5.10 Å². The Morgan fingerprint density at radius 3 is 2.24 bits per heavy atom. The first kappa shape index (κ1) is 18.1. The molecular formula is C15H14N4O5S. The molecule has 0 aliphatic rings. The van der Waals surface area contributed by atoms with Crippen LogP contribution in [0.1, 0.15) is 5.56 Å². The monoisotopic (exact) mass is 362 g/mol. The van der Waals surface area contributed by atoms with Gasteiger partial charge in [-0.25, -0.2) is 18.6 Å². The minimum Gasteiger partial charge on any atom is -0.350 e. The predicted octanol–water partition coefficient (Wildman–Crippen LogP) is 1.44. The van der Waals surface area contributed by atoms with Gasteiger partial charge in [0, 0.05) is 12.1 Å². The van der Waals surface area contributed by atoms with Crippen molar-refractivity contribution in [3.8, 4) is 0 Å². The van der Waals surface area contributed by atoms with E-state index in [0.717, 1.165) is 0 Å². The highest BCUT2D eigenvalue weighted by atomic mass is 32.2. The van der Waals surface area contributed by atoms with E-state index in [4.69, 9.17) is 5.73 Å². The molecule has 9 nitrogen and oxygen atoms in total. The topological polar surface area (TPSA) is 145 Å². The van der Waals surface area contributed by atoms with Crippen molar-refractivity contribution in [2.24, 2.45) is 10.8 Å². The Labute approximate surface area is 143 Å². The Morgan fingerprint density at radius 1 is 1.12 bits per heavy atom. The van der Waals surface area contributed by atoms with Crippen molar-refractivity contribution < 1.29 is 18.1 Å². The Morgan fingerprint density at radius 2 is 1.72 bits per heavy atom. The molecule has 0 bridgehead atoms. The number of non-ortho nitro benzene ring substituents is 1. The quantitative estimate of drug-likeness (QED) is 0.454. The van der Waals surface area contributed by atoms with Crippen LogP contribution in [0.3, 0.4) is 0 Å². The number of nitrogens with two attached hydrogens (primary N) is 1. The van der Waals surface area contributed by atoms with Gasteiger partial charge in [-0.15, -0.1) is 0 Å². The smallest absolute Gasteiger partial charge is 0.332 e. The number of nitrogens with zero attached hydrogens (tertiary/aromatic N) is 2. The SMILES string of the molecule is NC(=O)N/N=C(\CS(=O)(=O)c1ccccc1)c1ccc([N+](=O)[O-])cc1. The summed E-state index contributed by atoms with van der Waals surface area (Å²) in [5, 5.41) is 14.4. The lowest BCUT2D eigenvalue weighted by atomic mass is 10.1. The molecule has 0 unspecified atom stereocenters. The fourth-order valence-electron chi connectivity index (χ4n) is 1.97. The van der Waals surface area contributed by atoms with Gasteiger partial charge in [-0.3, -0.25) is 10.1 Å². The number of rotatable bonds is 6. The normalized spacial score (nSPS) is 11.8. The van der Waals surface area contributed by atoms with Gasteiger partial charge in [-0.2, -0.15) is 5.10 Å². The highest BCUT2D eigenvalue weighted by molar-refractivity contribution is 7.92. The molecule has 0 spiro atoms. The number of nitrogens with one attached hydrogen (secondary N) is 1. The van der Waals surface area contributed by atoms with Crippen LogP contribution in [-0.2, 0) is 9.84 Å². The predicted molar refractivity (Wildman–Crippen MR) is 90.8 cm³/mol. The molecule has 2 aromatic carbocycles. The van der Waals surface area contributed by atoms with E-state index in [-0.39, 0.29) is 16.3 Å². The van der Waals surface area contributed by atoms with E-state index >= 15 is 0 Å². The zero-order chi connectivity index (χ0) is 18.4. The Bertz CT molecular complexity index is 909. The summed E-state index contributed by atoms with van der Waals surface area (Å²) in [5.74, 6) is -0.519. The van der Waals surface area contributed by atoms with E-state index in [1.54, 1.807) is 18.2 Å². The lowest BCUT2D eigenvalue weighted by molar-refractivity contribution is -0.384. The van der Waals surface area contributed by atoms with Gasteiger partial charge in [-0.1, -0.05) is 18.2 Å². The Hall–Kier alpha value is -3.27. The molecule has 0 radical (unpaired) electrons. The number of hydrogen-bond acceptors (Lipinski definition) is 6. The van der Waals surface area contributed by atoms with Gasteiger partial charge in [0.1, 0.15) is 0 Å². The van der Waals surface area contributed by atoms with E-state index in [0.29, 0.717) is 5.56 Å². The maximum absolute atomic E-state index is 12.5. The van der Waals surface area contributed by atoms with Crippen molar-refractivity contribution in [1.82, 2.24) is 5.43 Å². The Kier molecular flexibility index (Phi) is 5.45. The van der Waals surface area contributed by atoms with E-state index < -0.39 is 26.5 Å².